The van der Waals surface area contributed by atoms with Crippen LogP contribution in [0.4, 0.5) is 4.39 Å². The van der Waals surface area contributed by atoms with Gasteiger partial charge in [0.15, 0.2) is 0 Å². The van der Waals surface area contributed by atoms with Crippen molar-refractivity contribution in [3.05, 3.63) is 75.5 Å². The maximum Gasteiger partial charge on any atom is 0.272 e. The van der Waals surface area contributed by atoms with E-state index in [9.17, 15) is 14.0 Å². The number of carbonyl (C=O) groups is 1. The summed E-state index contributed by atoms with van der Waals surface area (Å²) in [5.41, 5.74) is 1.31. The summed E-state index contributed by atoms with van der Waals surface area (Å²) in [6.45, 7) is 1.39. The number of aromatic amines is 1. The van der Waals surface area contributed by atoms with Crippen molar-refractivity contribution in [2.24, 2.45) is 0 Å². The highest BCUT2D eigenvalue weighted by molar-refractivity contribution is 5.95. The average Bonchev–Trinajstić information content (AvgIpc) is 3.35. The summed E-state index contributed by atoms with van der Waals surface area (Å²) in [7, 11) is 0. The van der Waals surface area contributed by atoms with Gasteiger partial charge in [0, 0.05) is 37.0 Å². The van der Waals surface area contributed by atoms with E-state index in [4.69, 9.17) is 0 Å². The van der Waals surface area contributed by atoms with E-state index in [2.05, 4.69) is 15.5 Å². The molecule has 2 atom stereocenters. The predicted molar refractivity (Wildman–Crippen MR) is 103 cm³/mol. The number of benzene rings is 2. The molecule has 0 radical (unpaired) electrons. The standard InChI is InChI=1S/C21H19FN4O2/c22-18-6-5-12(7-17(18)21(28)26-11-13-9-14(26)10-23-13)8-19-15-3-1-2-4-16(15)20(27)25-24-19/h1-7,13-14,23H,8-11H2,(H,25,27). The van der Waals surface area contributed by atoms with Crippen LogP contribution in [0.5, 0.6) is 0 Å². The summed E-state index contributed by atoms with van der Waals surface area (Å²) in [5.74, 6) is -0.767. The Balaban J connectivity index is 1.48. The summed E-state index contributed by atoms with van der Waals surface area (Å²) >= 11 is 0. The molecule has 28 heavy (non-hydrogen) atoms. The van der Waals surface area contributed by atoms with E-state index in [-0.39, 0.29) is 23.1 Å². The van der Waals surface area contributed by atoms with Gasteiger partial charge in [0.05, 0.1) is 16.6 Å². The summed E-state index contributed by atoms with van der Waals surface area (Å²) in [5, 5.41) is 11.4. The summed E-state index contributed by atoms with van der Waals surface area (Å²) < 4.78 is 14.4. The van der Waals surface area contributed by atoms with Gasteiger partial charge in [0.2, 0.25) is 0 Å². The van der Waals surface area contributed by atoms with E-state index in [1.54, 1.807) is 29.2 Å². The number of piperazine rings is 1. The van der Waals surface area contributed by atoms with Gasteiger partial charge >= 0.3 is 0 Å². The number of hydrogen-bond donors (Lipinski definition) is 2. The lowest BCUT2D eigenvalue weighted by atomic mass is 10.0. The fourth-order valence-corrected chi connectivity index (χ4v) is 4.31. The van der Waals surface area contributed by atoms with Gasteiger partial charge < -0.3 is 10.2 Å². The topological polar surface area (TPSA) is 78.1 Å². The molecule has 0 saturated carbocycles. The SMILES string of the molecule is O=C(c1cc(Cc2n[nH]c(=O)c3ccccc23)ccc1F)N1CC2CC1CN2. The van der Waals surface area contributed by atoms with Gasteiger partial charge in [0.25, 0.3) is 11.5 Å². The number of amides is 1. The van der Waals surface area contributed by atoms with Crippen molar-refractivity contribution in [2.45, 2.75) is 24.9 Å². The highest BCUT2D eigenvalue weighted by Crippen LogP contribution is 2.26. The van der Waals surface area contributed by atoms with Crippen LogP contribution in [0.3, 0.4) is 0 Å². The monoisotopic (exact) mass is 378 g/mol. The van der Waals surface area contributed by atoms with Crippen LogP contribution in [0, 0.1) is 5.82 Å². The molecular formula is C21H19FN4O2. The molecular weight excluding hydrogens is 359 g/mol. The molecule has 2 saturated heterocycles. The molecule has 2 unspecified atom stereocenters. The molecule has 5 rings (SSSR count). The second kappa shape index (κ2) is 6.53. The van der Waals surface area contributed by atoms with Crippen molar-refractivity contribution < 1.29 is 9.18 Å². The molecule has 1 amide bonds. The van der Waals surface area contributed by atoms with E-state index >= 15 is 0 Å². The number of nitrogens with zero attached hydrogens (tertiary/aromatic N) is 2. The van der Waals surface area contributed by atoms with Crippen molar-refractivity contribution in [3.63, 3.8) is 0 Å². The zero-order valence-corrected chi connectivity index (χ0v) is 15.1. The summed E-state index contributed by atoms with van der Waals surface area (Å²) in [4.78, 5) is 26.6. The van der Waals surface area contributed by atoms with Gasteiger partial charge in [-0.05, 0) is 30.2 Å². The molecule has 3 aromatic rings. The Labute approximate surface area is 160 Å². The van der Waals surface area contributed by atoms with Crippen molar-refractivity contribution >= 4 is 16.7 Å². The first-order valence-corrected chi connectivity index (χ1v) is 9.39. The number of hydrogen-bond acceptors (Lipinski definition) is 4. The molecule has 142 valence electrons. The first-order chi connectivity index (χ1) is 13.6. The maximum absolute atomic E-state index is 14.4. The zero-order valence-electron chi connectivity index (χ0n) is 15.1. The summed E-state index contributed by atoms with van der Waals surface area (Å²) in [6, 6.07) is 12.3. The van der Waals surface area contributed by atoms with Crippen LogP contribution in [0.15, 0.2) is 47.3 Å². The Kier molecular flexibility index (Phi) is 3.98. The van der Waals surface area contributed by atoms with Crippen molar-refractivity contribution in [3.8, 4) is 0 Å². The number of halogens is 1. The largest absolute Gasteiger partial charge is 0.333 e. The third-order valence-electron chi connectivity index (χ3n) is 5.73. The van der Waals surface area contributed by atoms with Crippen LogP contribution >= 0.6 is 0 Å². The third-order valence-corrected chi connectivity index (χ3v) is 5.73. The summed E-state index contributed by atoms with van der Waals surface area (Å²) in [6.07, 6.45) is 1.33. The molecule has 2 N–H and O–H groups in total. The molecule has 2 aromatic carbocycles. The molecule has 0 spiro atoms. The van der Waals surface area contributed by atoms with Gasteiger partial charge in [-0.15, -0.1) is 0 Å². The van der Waals surface area contributed by atoms with E-state index in [1.165, 1.54) is 6.07 Å². The van der Waals surface area contributed by atoms with Crippen LogP contribution in [0.2, 0.25) is 0 Å². The normalized spacial score (nSPS) is 20.8. The number of likely N-dealkylation sites (tertiary alicyclic amines) is 1. The van der Waals surface area contributed by atoms with Crippen LogP contribution in [0.25, 0.3) is 10.8 Å². The van der Waals surface area contributed by atoms with Crippen molar-refractivity contribution in [1.82, 2.24) is 20.4 Å². The number of aromatic nitrogens is 2. The number of carbonyl (C=O) groups excluding carboxylic acids is 1. The number of nitrogens with one attached hydrogen (secondary N) is 2. The van der Waals surface area contributed by atoms with Crippen molar-refractivity contribution in [1.29, 1.82) is 0 Å². The highest BCUT2D eigenvalue weighted by atomic mass is 19.1. The van der Waals surface area contributed by atoms with E-state index in [0.717, 1.165) is 23.9 Å². The lowest BCUT2D eigenvalue weighted by molar-refractivity contribution is 0.0711. The Morgan fingerprint density at radius 1 is 1.21 bits per heavy atom. The quantitative estimate of drug-likeness (QED) is 0.729. The second-order valence-corrected chi connectivity index (χ2v) is 7.49. The molecule has 2 fully saturated rings. The zero-order chi connectivity index (χ0) is 19.3. The van der Waals surface area contributed by atoms with E-state index in [1.807, 2.05) is 12.1 Å². The fourth-order valence-electron chi connectivity index (χ4n) is 4.31. The number of rotatable bonds is 3. The highest BCUT2D eigenvalue weighted by Gasteiger charge is 2.40. The van der Waals surface area contributed by atoms with E-state index < -0.39 is 5.82 Å². The molecule has 6 nitrogen and oxygen atoms in total. The lowest BCUT2D eigenvalue weighted by Crippen LogP contribution is -2.46. The second-order valence-electron chi connectivity index (χ2n) is 7.49. The Hall–Kier alpha value is -3.06. The molecule has 2 aliphatic rings. The van der Waals surface area contributed by atoms with E-state index in [0.29, 0.717) is 30.1 Å². The van der Waals surface area contributed by atoms with Gasteiger partial charge in [-0.1, -0.05) is 24.3 Å². The van der Waals surface area contributed by atoms with Crippen molar-refractivity contribution in [2.75, 3.05) is 13.1 Å². The minimum absolute atomic E-state index is 0.0961. The lowest BCUT2D eigenvalue weighted by Gasteiger charge is -2.27. The van der Waals surface area contributed by atoms with Gasteiger partial charge in [-0.2, -0.15) is 5.10 Å². The van der Waals surface area contributed by atoms with Crippen LogP contribution in [-0.4, -0.2) is 46.2 Å². The molecule has 1 aromatic heterocycles. The average molecular weight is 378 g/mol. The Morgan fingerprint density at radius 2 is 2.04 bits per heavy atom. The van der Waals surface area contributed by atoms with Gasteiger partial charge in [0.1, 0.15) is 5.82 Å². The smallest absolute Gasteiger partial charge is 0.272 e. The minimum atomic E-state index is -0.510. The van der Waals surface area contributed by atoms with Gasteiger partial charge in [-0.25, -0.2) is 9.49 Å². The fraction of sp³-hybridized carbons (Fsp3) is 0.286. The third kappa shape index (κ3) is 2.79. The van der Waals surface area contributed by atoms with Crippen LogP contribution in [0.1, 0.15) is 28.0 Å². The minimum Gasteiger partial charge on any atom is -0.333 e. The maximum atomic E-state index is 14.4. The van der Waals surface area contributed by atoms with Crippen LogP contribution < -0.4 is 10.9 Å². The Bertz CT molecular complexity index is 1140. The predicted octanol–water partition coefficient (Wildman–Crippen LogP) is 1.84. The van der Waals surface area contributed by atoms with Crippen LogP contribution in [-0.2, 0) is 6.42 Å². The first kappa shape index (κ1) is 17.1. The molecule has 2 aliphatic heterocycles. The molecule has 0 aliphatic carbocycles. The Morgan fingerprint density at radius 3 is 2.79 bits per heavy atom. The first-order valence-electron chi connectivity index (χ1n) is 9.39. The molecule has 7 heteroatoms. The number of fused-ring (bicyclic) bond motifs is 3. The number of H-pyrrole nitrogens is 1. The van der Waals surface area contributed by atoms with Gasteiger partial charge in [-0.3, -0.25) is 9.59 Å². The molecule has 3 heterocycles. The molecule has 2 bridgehead atoms.